The van der Waals surface area contributed by atoms with Gasteiger partial charge in [0.15, 0.2) is 0 Å². The molecule has 0 saturated carbocycles. The first kappa shape index (κ1) is 21.7. The number of benzene rings is 1. The monoisotopic (exact) mass is 390 g/mol. The van der Waals surface area contributed by atoms with Gasteiger partial charge in [-0.1, -0.05) is 0 Å². The van der Waals surface area contributed by atoms with Gasteiger partial charge < -0.3 is 20.6 Å². The molecule has 3 N–H and O–H groups in total. The first-order valence-electron chi connectivity index (χ1n) is 9.65. The number of nitrogens with one attached hydrogen (secondary N) is 2. The molecule has 1 saturated heterocycles. The fourth-order valence-electron chi connectivity index (χ4n) is 3.37. The summed E-state index contributed by atoms with van der Waals surface area (Å²) in [4.78, 5) is 39.1. The van der Waals surface area contributed by atoms with Crippen LogP contribution in [0.25, 0.3) is 0 Å². The van der Waals surface area contributed by atoms with Gasteiger partial charge in [0.05, 0.1) is 6.54 Å². The number of amides is 3. The number of hydrogen-bond donors (Lipinski definition) is 3. The topological polar surface area (TPSA) is 102 Å². The highest BCUT2D eigenvalue weighted by Crippen LogP contribution is 2.18. The van der Waals surface area contributed by atoms with E-state index in [1.165, 1.54) is 0 Å². The molecule has 28 heavy (non-hydrogen) atoms. The van der Waals surface area contributed by atoms with Gasteiger partial charge in [0.25, 0.3) is 5.91 Å². The summed E-state index contributed by atoms with van der Waals surface area (Å²) in [5, 5.41) is 14.4. The summed E-state index contributed by atoms with van der Waals surface area (Å²) in [6, 6.07) is 6.79. The van der Waals surface area contributed by atoms with E-state index in [4.69, 9.17) is 5.11 Å². The highest BCUT2D eigenvalue weighted by atomic mass is 16.4. The van der Waals surface area contributed by atoms with E-state index in [2.05, 4.69) is 10.6 Å². The Labute approximate surface area is 165 Å². The molecule has 8 heteroatoms. The summed E-state index contributed by atoms with van der Waals surface area (Å²) in [7, 11) is 1.82. The summed E-state index contributed by atoms with van der Waals surface area (Å²) in [5.74, 6) is -0.879. The van der Waals surface area contributed by atoms with Crippen molar-refractivity contribution < 1.29 is 19.5 Å². The minimum Gasteiger partial charge on any atom is -0.480 e. The third kappa shape index (κ3) is 6.53. The fraction of sp³-hybridized carbons (Fsp3) is 0.550. The molecule has 0 aromatic heterocycles. The Morgan fingerprint density at radius 3 is 2.46 bits per heavy atom. The van der Waals surface area contributed by atoms with Crippen LogP contribution in [0, 0.1) is 0 Å². The second kappa shape index (κ2) is 10.1. The molecule has 2 rings (SSSR count). The number of likely N-dealkylation sites (N-methyl/N-ethyl adjacent to an activating group) is 1. The normalized spacial score (nSPS) is 17.3. The molecular formula is C20H30N4O4. The number of anilines is 1. The van der Waals surface area contributed by atoms with Crippen LogP contribution in [0.2, 0.25) is 0 Å². The number of carboxylic acids is 1. The maximum Gasteiger partial charge on any atom is 0.319 e. The average molecular weight is 390 g/mol. The van der Waals surface area contributed by atoms with Crippen LogP contribution in [0.4, 0.5) is 10.5 Å². The number of carbonyl (C=O) groups excluding carboxylic acids is 2. The number of urea groups is 1. The molecule has 0 radical (unpaired) electrons. The lowest BCUT2D eigenvalue weighted by Crippen LogP contribution is -2.37. The van der Waals surface area contributed by atoms with Crippen molar-refractivity contribution in [2.45, 2.75) is 45.2 Å². The van der Waals surface area contributed by atoms with Gasteiger partial charge in [-0.05, 0) is 64.4 Å². The van der Waals surface area contributed by atoms with E-state index in [1.54, 1.807) is 24.3 Å². The summed E-state index contributed by atoms with van der Waals surface area (Å²) in [6.45, 7) is 5.04. The van der Waals surface area contributed by atoms with Gasteiger partial charge in [-0.25, -0.2) is 4.79 Å². The maximum absolute atomic E-state index is 12.8. The molecule has 1 aliphatic heterocycles. The van der Waals surface area contributed by atoms with Gasteiger partial charge in [0.2, 0.25) is 0 Å². The first-order chi connectivity index (χ1) is 13.3. The second-order valence-electron chi connectivity index (χ2n) is 7.52. The quantitative estimate of drug-likeness (QED) is 0.691. The van der Waals surface area contributed by atoms with Crippen molar-refractivity contribution in [2.24, 2.45) is 0 Å². The van der Waals surface area contributed by atoms with Gasteiger partial charge in [0.1, 0.15) is 0 Å². The Morgan fingerprint density at radius 2 is 1.86 bits per heavy atom. The molecular weight excluding hydrogens is 360 g/mol. The van der Waals surface area contributed by atoms with Gasteiger partial charge in [-0.2, -0.15) is 0 Å². The lowest BCUT2D eigenvalue weighted by atomic mass is 10.1. The van der Waals surface area contributed by atoms with Crippen molar-refractivity contribution in [3.05, 3.63) is 29.8 Å². The van der Waals surface area contributed by atoms with Crippen LogP contribution in [0.1, 0.15) is 43.5 Å². The molecule has 1 atom stereocenters. The Bertz CT molecular complexity index is 690. The highest BCUT2D eigenvalue weighted by Gasteiger charge is 2.24. The van der Waals surface area contributed by atoms with Crippen LogP contribution in [-0.2, 0) is 4.79 Å². The van der Waals surface area contributed by atoms with Crippen molar-refractivity contribution in [2.75, 3.05) is 32.0 Å². The summed E-state index contributed by atoms with van der Waals surface area (Å²) in [5.41, 5.74) is 1.20. The van der Waals surface area contributed by atoms with Crippen LogP contribution in [0.3, 0.4) is 0 Å². The lowest BCUT2D eigenvalue weighted by Gasteiger charge is -2.25. The smallest absolute Gasteiger partial charge is 0.319 e. The van der Waals surface area contributed by atoms with Crippen molar-refractivity contribution in [3.63, 3.8) is 0 Å². The van der Waals surface area contributed by atoms with Crippen molar-refractivity contribution >= 4 is 23.6 Å². The number of carbonyl (C=O) groups is 3. The van der Waals surface area contributed by atoms with E-state index in [0.717, 1.165) is 19.3 Å². The highest BCUT2D eigenvalue weighted by molar-refractivity contribution is 5.95. The minimum absolute atomic E-state index is 0.0114. The average Bonchev–Trinajstić information content (AvgIpc) is 2.86. The molecule has 1 unspecified atom stereocenters. The predicted molar refractivity (Wildman–Crippen MR) is 108 cm³/mol. The zero-order valence-corrected chi connectivity index (χ0v) is 16.8. The largest absolute Gasteiger partial charge is 0.480 e. The Balaban J connectivity index is 1.92. The first-order valence-corrected chi connectivity index (χ1v) is 9.65. The van der Waals surface area contributed by atoms with Crippen LogP contribution in [-0.4, -0.2) is 71.6 Å². The number of rotatable bonds is 6. The lowest BCUT2D eigenvalue weighted by molar-refractivity contribution is -0.138. The zero-order valence-electron chi connectivity index (χ0n) is 16.8. The van der Waals surface area contributed by atoms with Crippen LogP contribution >= 0.6 is 0 Å². The van der Waals surface area contributed by atoms with Crippen molar-refractivity contribution in [1.29, 1.82) is 0 Å². The fourth-order valence-corrected chi connectivity index (χ4v) is 3.37. The summed E-state index contributed by atoms with van der Waals surface area (Å²) < 4.78 is 0. The number of nitrogens with zero attached hydrogens (tertiary/aromatic N) is 2. The SMILES string of the molecule is CC(C)NC(=O)Nc1ccc(C(=O)N2CCCC(N(C)CC(=O)O)CC2)cc1. The molecule has 1 heterocycles. The third-order valence-corrected chi connectivity index (χ3v) is 4.80. The Kier molecular flexibility index (Phi) is 7.80. The second-order valence-corrected chi connectivity index (χ2v) is 7.52. The number of likely N-dealkylation sites (tertiary alicyclic amines) is 1. The molecule has 1 aliphatic rings. The Hall–Kier alpha value is -2.61. The molecule has 1 aromatic rings. The molecule has 0 bridgehead atoms. The zero-order chi connectivity index (χ0) is 20.7. The molecule has 1 fully saturated rings. The number of aliphatic carboxylic acids is 1. The minimum atomic E-state index is -0.838. The summed E-state index contributed by atoms with van der Waals surface area (Å²) in [6.07, 6.45) is 2.47. The van der Waals surface area contributed by atoms with E-state index >= 15 is 0 Å². The molecule has 0 spiro atoms. The summed E-state index contributed by atoms with van der Waals surface area (Å²) >= 11 is 0. The van der Waals surface area contributed by atoms with Crippen molar-refractivity contribution in [3.8, 4) is 0 Å². The van der Waals surface area contributed by atoms with E-state index in [-0.39, 0.29) is 30.6 Å². The maximum atomic E-state index is 12.8. The van der Waals surface area contributed by atoms with Crippen LogP contribution in [0.15, 0.2) is 24.3 Å². The predicted octanol–water partition coefficient (Wildman–Crippen LogP) is 2.23. The standard InChI is InChI=1S/C20H30N4O4/c1-14(2)21-20(28)22-16-8-6-15(7-9-16)19(27)24-11-4-5-17(10-12-24)23(3)13-18(25)26/h6-9,14,17H,4-5,10-13H2,1-3H3,(H,25,26)(H2,21,22,28). The van der Waals surface area contributed by atoms with E-state index in [9.17, 15) is 14.4 Å². The molecule has 8 nitrogen and oxygen atoms in total. The van der Waals surface area contributed by atoms with E-state index < -0.39 is 5.97 Å². The van der Waals surface area contributed by atoms with Crippen LogP contribution in [0.5, 0.6) is 0 Å². The van der Waals surface area contributed by atoms with Gasteiger partial charge >= 0.3 is 12.0 Å². The van der Waals surface area contributed by atoms with Crippen molar-refractivity contribution in [1.82, 2.24) is 15.1 Å². The molecule has 154 valence electrons. The number of carboxylic acid groups (broad SMARTS) is 1. The Morgan fingerprint density at radius 1 is 1.18 bits per heavy atom. The van der Waals surface area contributed by atoms with E-state index in [0.29, 0.717) is 24.3 Å². The number of hydrogen-bond acceptors (Lipinski definition) is 4. The van der Waals surface area contributed by atoms with Gasteiger partial charge in [-0.15, -0.1) is 0 Å². The third-order valence-electron chi connectivity index (χ3n) is 4.80. The van der Waals surface area contributed by atoms with Gasteiger partial charge in [0, 0.05) is 36.4 Å². The molecule has 1 aromatic carbocycles. The van der Waals surface area contributed by atoms with Gasteiger partial charge in [-0.3, -0.25) is 14.5 Å². The molecule has 0 aliphatic carbocycles. The molecule has 3 amide bonds. The van der Waals surface area contributed by atoms with E-state index in [1.807, 2.05) is 30.7 Å². The van der Waals surface area contributed by atoms with Crippen LogP contribution < -0.4 is 10.6 Å².